The van der Waals surface area contributed by atoms with E-state index in [9.17, 15) is 4.79 Å². The molecule has 0 aliphatic heterocycles. The summed E-state index contributed by atoms with van der Waals surface area (Å²) in [7, 11) is 0. The van der Waals surface area contributed by atoms with Gasteiger partial charge in [0.1, 0.15) is 30.5 Å². The Hall–Kier alpha value is -3.51. The second-order valence-corrected chi connectivity index (χ2v) is 7.77. The van der Waals surface area contributed by atoms with E-state index in [1.54, 1.807) is 12.1 Å². The Morgan fingerprint density at radius 1 is 0.750 bits per heavy atom. The van der Waals surface area contributed by atoms with Crippen LogP contribution in [0.5, 0.6) is 17.2 Å². The van der Waals surface area contributed by atoms with E-state index in [2.05, 4.69) is 21.2 Å². The number of benzene rings is 4. The molecule has 4 rings (SSSR count). The molecule has 162 valence electrons. The maximum Gasteiger partial charge on any atom is 0.262 e. The van der Waals surface area contributed by atoms with Crippen molar-refractivity contribution < 1.29 is 19.0 Å². The Balaban J connectivity index is 1.27. The minimum absolute atomic E-state index is 0.104. The van der Waals surface area contributed by atoms with Gasteiger partial charge in [0, 0.05) is 11.8 Å². The Morgan fingerprint density at radius 3 is 2.31 bits per heavy atom. The van der Waals surface area contributed by atoms with Crippen LogP contribution >= 0.6 is 15.9 Å². The highest BCUT2D eigenvalue weighted by Gasteiger charge is 2.09. The first kappa shape index (κ1) is 21.7. The Bertz CT molecular complexity index is 1200. The standard InChI is InChI=1S/C26H22BrNO4/c27-26-23-12-5-4-7-19(23)13-14-24(26)32-18-25(29)28-20-8-6-11-22(17-20)31-16-15-30-21-9-2-1-3-10-21/h1-14,17H,15-16,18H2,(H,28,29). The van der Waals surface area contributed by atoms with Crippen LogP contribution in [0.25, 0.3) is 10.8 Å². The number of carbonyl (C=O) groups is 1. The monoisotopic (exact) mass is 491 g/mol. The summed E-state index contributed by atoms with van der Waals surface area (Å²) in [4.78, 5) is 12.4. The number of fused-ring (bicyclic) bond motifs is 1. The number of halogens is 1. The van der Waals surface area contributed by atoms with Crippen LogP contribution in [0.4, 0.5) is 5.69 Å². The van der Waals surface area contributed by atoms with Gasteiger partial charge in [-0.15, -0.1) is 0 Å². The van der Waals surface area contributed by atoms with Gasteiger partial charge in [0.15, 0.2) is 6.61 Å². The van der Waals surface area contributed by atoms with Crippen LogP contribution in [0.2, 0.25) is 0 Å². The van der Waals surface area contributed by atoms with Gasteiger partial charge in [0.05, 0.1) is 4.47 Å². The average Bonchev–Trinajstić information content (AvgIpc) is 2.82. The summed E-state index contributed by atoms with van der Waals surface area (Å²) in [5.41, 5.74) is 0.637. The molecular formula is C26H22BrNO4. The molecule has 32 heavy (non-hydrogen) atoms. The van der Waals surface area contributed by atoms with Crippen molar-refractivity contribution in [1.29, 1.82) is 0 Å². The maximum absolute atomic E-state index is 12.4. The molecule has 0 aromatic heterocycles. The number of anilines is 1. The molecule has 1 N–H and O–H groups in total. The zero-order valence-corrected chi connectivity index (χ0v) is 18.9. The summed E-state index contributed by atoms with van der Waals surface area (Å²) in [6.45, 7) is 0.716. The molecule has 5 nitrogen and oxygen atoms in total. The Kier molecular flexibility index (Phi) is 7.25. The minimum atomic E-state index is -0.255. The van der Waals surface area contributed by atoms with Crippen molar-refractivity contribution in [2.45, 2.75) is 0 Å². The Labute approximate surface area is 195 Å². The van der Waals surface area contributed by atoms with Crippen LogP contribution < -0.4 is 19.5 Å². The smallest absolute Gasteiger partial charge is 0.262 e. The van der Waals surface area contributed by atoms with Gasteiger partial charge in [-0.25, -0.2) is 0 Å². The van der Waals surface area contributed by atoms with Crippen LogP contribution in [-0.4, -0.2) is 25.7 Å². The lowest BCUT2D eigenvalue weighted by atomic mass is 10.1. The summed E-state index contributed by atoms with van der Waals surface area (Å²) < 4.78 is 17.9. The Morgan fingerprint density at radius 2 is 1.47 bits per heavy atom. The first-order valence-corrected chi connectivity index (χ1v) is 11.0. The average molecular weight is 492 g/mol. The van der Waals surface area contributed by atoms with Crippen molar-refractivity contribution in [1.82, 2.24) is 0 Å². The van der Waals surface area contributed by atoms with Gasteiger partial charge in [0.2, 0.25) is 0 Å². The number of hydrogen-bond donors (Lipinski definition) is 1. The molecule has 6 heteroatoms. The lowest BCUT2D eigenvalue weighted by Crippen LogP contribution is -2.20. The lowest BCUT2D eigenvalue weighted by Gasteiger charge is -2.12. The highest BCUT2D eigenvalue weighted by atomic mass is 79.9. The SMILES string of the molecule is O=C(COc1ccc2ccccc2c1Br)Nc1cccc(OCCOc2ccccc2)c1. The number of nitrogens with one attached hydrogen (secondary N) is 1. The summed E-state index contributed by atoms with van der Waals surface area (Å²) in [5, 5.41) is 4.97. The normalized spacial score (nSPS) is 10.5. The summed E-state index contributed by atoms with van der Waals surface area (Å²) in [6.07, 6.45) is 0. The first-order valence-electron chi connectivity index (χ1n) is 10.2. The number of ether oxygens (including phenoxy) is 3. The van der Waals surface area contributed by atoms with Crippen LogP contribution in [-0.2, 0) is 4.79 Å². The van der Waals surface area contributed by atoms with E-state index in [0.717, 1.165) is 21.0 Å². The number of rotatable bonds is 9. The van der Waals surface area contributed by atoms with Crippen LogP contribution in [0, 0.1) is 0 Å². The molecule has 0 saturated carbocycles. The van der Waals surface area contributed by atoms with E-state index >= 15 is 0 Å². The number of para-hydroxylation sites is 1. The molecule has 0 spiro atoms. The van der Waals surface area contributed by atoms with Gasteiger partial charge in [-0.2, -0.15) is 0 Å². The zero-order valence-electron chi connectivity index (χ0n) is 17.3. The van der Waals surface area contributed by atoms with Crippen molar-refractivity contribution in [3.8, 4) is 17.2 Å². The van der Waals surface area contributed by atoms with E-state index in [-0.39, 0.29) is 12.5 Å². The fourth-order valence-electron chi connectivity index (χ4n) is 3.16. The molecule has 0 fully saturated rings. The topological polar surface area (TPSA) is 56.8 Å². The van der Waals surface area contributed by atoms with Crippen LogP contribution in [0.1, 0.15) is 0 Å². The van der Waals surface area contributed by atoms with Crippen molar-refractivity contribution >= 4 is 38.3 Å². The van der Waals surface area contributed by atoms with Gasteiger partial charge in [-0.1, -0.05) is 54.6 Å². The van der Waals surface area contributed by atoms with Gasteiger partial charge in [0.25, 0.3) is 5.91 Å². The predicted octanol–water partition coefficient (Wildman–Crippen LogP) is 6.08. The highest BCUT2D eigenvalue weighted by molar-refractivity contribution is 9.10. The third-order valence-electron chi connectivity index (χ3n) is 4.67. The number of carbonyl (C=O) groups excluding carboxylic acids is 1. The van der Waals surface area contributed by atoms with Gasteiger partial charge in [-0.05, 0) is 57.0 Å². The van der Waals surface area contributed by atoms with Crippen molar-refractivity contribution in [3.05, 3.63) is 95.5 Å². The molecule has 4 aromatic carbocycles. The third-order valence-corrected chi connectivity index (χ3v) is 5.49. The van der Waals surface area contributed by atoms with Crippen LogP contribution in [0.3, 0.4) is 0 Å². The molecule has 4 aromatic rings. The fourth-order valence-corrected chi connectivity index (χ4v) is 3.77. The van der Waals surface area contributed by atoms with E-state index in [1.807, 2.05) is 78.9 Å². The number of amides is 1. The van der Waals surface area contributed by atoms with Gasteiger partial charge >= 0.3 is 0 Å². The molecule has 0 atom stereocenters. The van der Waals surface area contributed by atoms with E-state index in [1.165, 1.54) is 0 Å². The zero-order chi connectivity index (χ0) is 22.2. The van der Waals surface area contributed by atoms with E-state index in [4.69, 9.17) is 14.2 Å². The molecular weight excluding hydrogens is 470 g/mol. The highest BCUT2D eigenvalue weighted by Crippen LogP contribution is 2.33. The summed E-state index contributed by atoms with van der Waals surface area (Å²) in [6, 6.07) is 28.6. The minimum Gasteiger partial charge on any atom is -0.490 e. The summed E-state index contributed by atoms with van der Waals surface area (Å²) >= 11 is 3.57. The molecule has 0 unspecified atom stereocenters. The molecule has 1 amide bonds. The molecule has 0 radical (unpaired) electrons. The van der Waals surface area contributed by atoms with E-state index in [0.29, 0.717) is 30.4 Å². The maximum atomic E-state index is 12.4. The van der Waals surface area contributed by atoms with E-state index < -0.39 is 0 Å². The van der Waals surface area contributed by atoms with Crippen molar-refractivity contribution in [3.63, 3.8) is 0 Å². The largest absolute Gasteiger partial charge is 0.490 e. The van der Waals surface area contributed by atoms with Crippen LogP contribution in [0.15, 0.2) is 95.5 Å². The van der Waals surface area contributed by atoms with Crippen molar-refractivity contribution in [2.75, 3.05) is 25.1 Å². The molecule has 0 aliphatic rings. The third kappa shape index (κ3) is 5.80. The summed E-state index contributed by atoms with van der Waals surface area (Å²) in [5.74, 6) is 1.82. The fraction of sp³-hybridized carbons (Fsp3) is 0.115. The molecule has 0 heterocycles. The second kappa shape index (κ2) is 10.7. The molecule has 0 aliphatic carbocycles. The lowest BCUT2D eigenvalue weighted by molar-refractivity contribution is -0.118. The van der Waals surface area contributed by atoms with Gasteiger partial charge in [-0.3, -0.25) is 4.79 Å². The molecule has 0 bridgehead atoms. The predicted molar refractivity (Wildman–Crippen MR) is 130 cm³/mol. The quantitative estimate of drug-likeness (QED) is 0.288. The van der Waals surface area contributed by atoms with Gasteiger partial charge < -0.3 is 19.5 Å². The molecule has 0 saturated heterocycles. The van der Waals surface area contributed by atoms with Crippen molar-refractivity contribution in [2.24, 2.45) is 0 Å². The number of hydrogen-bond acceptors (Lipinski definition) is 4. The first-order chi connectivity index (χ1) is 15.7. The second-order valence-electron chi connectivity index (χ2n) is 6.97.